The van der Waals surface area contributed by atoms with Crippen molar-refractivity contribution in [1.82, 2.24) is 5.32 Å². The summed E-state index contributed by atoms with van der Waals surface area (Å²) in [6.45, 7) is 3.14. The molecule has 2 atom stereocenters. The molecule has 0 aliphatic rings. The molecule has 108 valence electrons. The lowest BCUT2D eigenvalue weighted by Crippen LogP contribution is -2.33. The fourth-order valence-electron chi connectivity index (χ4n) is 1.41. The minimum Gasteiger partial charge on any atom is -0.491 e. The van der Waals surface area contributed by atoms with Gasteiger partial charge in [-0.2, -0.15) is 0 Å². The third-order valence-electron chi connectivity index (χ3n) is 2.45. The highest BCUT2D eigenvalue weighted by Gasteiger charge is 2.05. The number of rotatable bonds is 9. The second-order valence-corrected chi connectivity index (χ2v) is 6.36. The second kappa shape index (κ2) is 9.31. The quantitative estimate of drug-likeness (QED) is 0.678. The molecular weight excluding hydrogens is 286 g/mol. The Morgan fingerprint density at radius 3 is 3.00 bits per heavy atom. The van der Waals surface area contributed by atoms with Gasteiger partial charge in [-0.25, -0.2) is 0 Å². The van der Waals surface area contributed by atoms with Gasteiger partial charge in [-0.1, -0.05) is 24.6 Å². The van der Waals surface area contributed by atoms with Crippen molar-refractivity contribution < 1.29 is 14.1 Å². The number of hydrogen-bond donors (Lipinski definition) is 2. The van der Waals surface area contributed by atoms with E-state index in [1.165, 1.54) is 0 Å². The van der Waals surface area contributed by atoms with Crippen LogP contribution in [0.15, 0.2) is 24.3 Å². The topological polar surface area (TPSA) is 58.6 Å². The Bertz CT molecular complexity index is 403. The summed E-state index contributed by atoms with van der Waals surface area (Å²) in [5, 5.41) is 13.4. The SMILES string of the molecule is CCS(=O)CCNCC(O)COc1cccc(Cl)c1. The average molecular weight is 306 g/mol. The van der Waals surface area contributed by atoms with E-state index in [9.17, 15) is 9.32 Å². The summed E-state index contributed by atoms with van der Waals surface area (Å²) in [7, 11) is -0.768. The molecule has 2 unspecified atom stereocenters. The van der Waals surface area contributed by atoms with Gasteiger partial charge >= 0.3 is 0 Å². The van der Waals surface area contributed by atoms with Crippen LogP contribution >= 0.6 is 11.6 Å². The van der Waals surface area contributed by atoms with Gasteiger partial charge in [-0.3, -0.25) is 4.21 Å². The first-order valence-electron chi connectivity index (χ1n) is 6.24. The van der Waals surface area contributed by atoms with Crippen molar-refractivity contribution in [2.24, 2.45) is 0 Å². The number of aliphatic hydroxyl groups is 1. The minimum absolute atomic E-state index is 0.199. The lowest BCUT2D eigenvalue weighted by Gasteiger charge is -2.13. The first-order valence-corrected chi connectivity index (χ1v) is 8.10. The van der Waals surface area contributed by atoms with E-state index < -0.39 is 16.9 Å². The minimum atomic E-state index is -0.768. The maximum atomic E-state index is 11.2. The Morgan fingerprint density at radius 2 is 2.32 bits per heavy atom. The summed E-state index contributed by atoms with van der Waals surface area (Å²) in [6, 6.07) is 7.05. The Labute approximate surface area is 121 Å². The zero-order valence-electron chi connectivity index (χ0n) is 11.0. The van der Waals surface area contributed by atoms with E-state index in [0.717, 1.165) is 0 Å². The molecule has 4 nitrogen and oxygen atoms in total. The van der Waals surface area contributed by atoms with Gasteiger partial charge in [-0.05, 0) is 18.2 Å². The van der Waals surface area contributed by atoms with Gasteiger partial charge in [0.15, 0.2) is 0 Å². The molecule has 0 amide bonds. The third kappa shape index (κ3) is 7.52. The molecule has 0 heterocycles. The maximum absolute atomic E-state index is 11.2. The summed E-state index contributed by atoms with van der Waals surface area (Å²) in [5.41, 5.74) is 0. The van der Waals surface area contributed by atoms with Gasteiger partial charge < -0.3 is 15.2 Å². The van der Waals surface area contributed by atoms with Crippen LogP contribution in [0.5, 0.6) is 5.75 Å². The van der Waals surface area contributed by atoms with Gasteiger partial charge in [0, 0.05) is 40.4 Å². The number of nitrogens with one attached hydrogen (secondary N) is 1. The molecule has 0 spiro atoms. The molecule has 19 heavy (non-hydrogen) atoms. The molecule has 0 aliphatic heterocycles. The van der Waals surface area contributed by atoms with E-state index in [-0.39, 0.29) is 6.61 Å². The Morgan fingerprint density at radius 1 is 1.53 bits per heavy atom. The van der Waals surface area contributed by atoms with Crippen molar-refractivity contribution in [2.45, 2.75) is 13.0 Å². The van der Waals surface area contributed by atoms with Crippen LogP contribution in [-0.4, -0.2) is 46.6 Å². The van der Waals surface area contributed by atoms with Crippen LogP contribution < -0.4 is 10.1 Å². The molecule has 0 bridgehead atoms. The highest BCUT2D eigenvalue weighted by atomic mass is 35.5. The van der Waals surface area contributed by atoms with E-state index in [0.29, 0.717) is 35.4 Å². The van der Waals surface area contributed by atoms with Crippen LogP contribution in [0.25, 0.3) is 0 Å². The first-order chi connectivity index (χ1) is 9.11. The molecule has 0 fully saturated rings. The molecule has 0 aliphatic carbocycles. The normalized spacial score (nSPS) is 14.1. The largest absolute Gasteiger partial charge is 0.491 e. The van der Waals surface area contributed by atoms with Crippen LogP contribution in [-0.2, 0) is 10.8 Å². The van der Waals surface area contributed by atoms with Crippen molar-refractivity contribution in [2.75, 3.05) is 31.2 Å². The van der Waals surface area contributed by atoms with E-state index in [1.54, 1.807) is 24.3 Å². The van der Waals surface area contributed by atoms with Crippen LogP contribution in [0, 0.1) is 0 Å². The number of ether oxygens (including phenoxy) is 1. The molecule has 1 rings (SSSR count). The van der Waals surface area contributed by atoms with Gasteiger partial charge in [0.25, 0.3) is 0 Å². The predicted molar refractivity (Wildman–Crippen MR) is 79.4 cm³/mol. The maximum Gasteiger partial charge on any atom is 0.120 e. The van der Waals surface area contributed by atoms with E-state index in [2.05, 4.69) is 5.32 Å². The Balaban J connectivity index is 2.14. The van der Waals surface area contributed by atoms with Crippen molar-refractivity contribution in [1.29, 1.82) is 0 Å². The number of hydrogen-bond acceptors (Lipinski definition) is 4. The Kier molecular flexibility index (Phi) is 8.05. The zero-order valence-corrected chi connectivity index (χ0v) is 12.5. The first kappa shape index (κ1) is 16.4. The molecule has 0 radical (unpaired) electrons. The van der Waals surface area contributed by atoms with Crippen molar-refractivity contribution in [3.8, 4) is 5.75 Å². The molecule has 1 aromatic rings. The standard InChI is InChI=1S/C13H20ClNO3S/c1-2-19(17)7-6-15-9-12(16)10-18-13-5-3-4-11(14)8-13/h3-5,8,12,15-16H,2,6-7,9-10H2,1H3. The van der Waals surface area contributed by atoms with Gasteiger partial charge in [0.2, 0.25) is 0 Å². The number of halogens is 1. The number of benzene rings is 1. The van der Waals surface area contributed by atoms with E-state index in [1.807, 2.05) is 6.92 Å². The average Bonchev–Trinajstić information content (AvgIpc) is 2.41. The van der Waals surface area contributed by atoms with Gasteiger partial charge in [0.05, 0.1) is 0 Å². The summed E-state index contributed by atoms with van der Waals surface area (Å²) < 4.78 is 16.6. The monoisotopic (exact) mass is 305 g/mol. The fraction of sp³-hybridized carbons (Fsp3) is 0.538. The molecular formula is C13H20ClNO3S. The van der Waals surface area contributed by atoms with Crippen LogP contribution in [0.3, 0.4) is 0 Å². The predicted octanol–water partition coefficient (Wildman–Crippen LogP) is 1.44. The smallest absolute Gasteiger partial charge is 0.120 e. The van der Waals surface area contributed by atoms with Crippen molar-refractivity contribution in [3.63, 3.8) is 0 Å². The lowest BCUT2D eigenvalue weighted by molar-refractivity contribution is 0.107. The van der Waals surface area contributed by atoms with Crippen LogP contribution in [0.4, 0.5) is 0 Å². The molecule has 0 aromatic heterocycles. The van der Waals surface area contributed by atoms with Gasteiger partial charge in [-0.15, -0.1) is 0 Å². The zero-order chi connectivity index (χ0) is 14.1. The number of aliphatic hydroxyl groups excluding tert-OH is 1. The summed E-state index contributed by atoms with van der Waals surface area (Å²) in [4.78, 5) is 0. The summed E-state index contributed by atoms with van der Waals surface area (Å²) in [5.74, 6) is 1.92. The highest BCUT2D eigenvalue weighted by Crippen LogP contribution is 2.17. The van der Waals surface area contributed by atoms with Crippen LogP contribution in [0.2, 0.25) is 5.02 Å². The molecule has 0 saturated heterocycles. The van der Waals surface area contributed by atoms with Crippen molar-refractivity contribution in [3.05, 3.63) is 29.3 Å². The second-order valence-electron chi connectivity index (χ2n) is 4.06. The summed E-state index contributed by atoms with van der Waals surface area (Å²) >= 11 is 5.82. The van der Waals surface area contributed by atoms with Gasteiger partial charge in [0.1, 0.15) is 18.5 Å². The van der Waals surface area contributed by atoms with E-state index in [4.69, 9.17) is 16.3 Å². The molecule has 1 aromatic carbocycles. The highest BCUT2D eigenvalue weighted by molar-refractivity contribution is 7.84. The van der Waals surface area contributed by atoms with E-state index >= 15 is 0 Å². The summed E-state index contributed by atoms with van der Waals surface area (Å²) in [6.07, 6.45) is -0.603. The van der Waals surface area contributed by atoms with Crippen molar-refractivity contribution >= 4 is 22.4 Å². The third-order valence-corrected chi connectivity index (χ3v) is 3.99. The molecule has 6 heteroatoms. The lowest BCUT2D eigenvalue weighted by atomic mass is 10.3. The van der Waals surface area contributed by atoms with Crippen LogP contribution in [0.1, 0.15) is 6.92 Å². The molecule has 2 N–H and O–H groups in total. The fourth-order valence-corrected chi connectivity index (χ4v) is 2.25. The Hall–Kier alpha value is -0.620. The molecule has 0 saturated carbocycles.